The molecule has 1 fully saturated rings. The molecule has 2 aromatic rings. The van der Waals surface area contributed by atoms with Gasteiger partial charge in [0, 0.05) is 52.0 Å². The molecule has 0 aliphatic carbocycles. The van der Waals surface area contributed by atoms with Crippen molar-refractivity contribution in [1.29, 1.82) is 0 Å². The average molecular weight is 424 g/mol. The standard InChI is InChI=1S/C23H33N7O/c1-24-23(26-16-21-28-27-20-10-6-3-7-12-30(20)21)25-15-19-14-22(31)29(17-19)13-11-18-8-4-2-5-9-18/h2,4-5,8-9,19H,3,6-7,10-17H2,1H3,(H2,24,25,26). The fraction of sp³-hybridized carbons (Fsp3) is 0.565. The number of amides is 1. The molecule has 8 nitrogen and oxygen atoms in total. The Kier molecular flexibility index (Phi) is 7.17. The average Bonchev–Trinajstić information content (AvgIpc) is 3.26. The second-order valence-corrected chi connectivity index (χ2v) is 8.45. The first kappa shape index (κ1) is 21.3. The summed E-state index contributed by atoms with van der Waals surface area (Å²) in [5.74, 6) is 3.34. The van der Waals surface area contributed by atoms with Gasteiger partial charge < -0.3 is 20.1 Å². The van der Waals surface area contributed by atoms with Crippen LogP contribution in [0.4, 0.5) is 0 Å². The first-order valence-corrected chi connectivity index (χ1v) is 11.4. The third-order valence-corrected chi connectivity index (χ3v) is 6.19. The van der Waals surface area contributed by atoms with Crippen molar-refractivity contribution in [1.82, 2.24) is 30.3 Å². The van der Waals surface area contributed by atoms with Crippen LogP contribution in [0.1, 0.15) is 42.9 Å². The molecular formula is C23H33N7O. The number of hydrogen-bond acceptors (Lipinski definition) is 4. The molecule has 1 atom stereocenters. The number of nitrogens with one attached hydrogen (secondary N) is 2. The van der Waals surface area contributed by atoms with E-state index in [2.05, 4.69) is 42.5 Å². The smallest absolute Gasteiger partial charge is 0.223 e. The van der Waals surface area contributed by atoms with Gasteiger partial charge in [-0.2, -0.15) is 0 Å². The normalized spacial score (nSPS) is 19.3. The van der Waals surface area contributed by atoms with Crippen LogP contribution in [0.25, 0.3) is 0 Å². The predicted octanol–water partition coefficient (Wildman–Crippen LogP) is 1.76. The zero-order valence-electron chi connectivity index (χ0n) is 18.4. The van der Waals surface area contributed by atoms with Gasteiger partial charge in [-0.3, -0.25) is 9.79 Å². The lowest BCUT2D eigenvalue weighted by molar-refractivity contribution is -0.127. The lowest BCUT2D eigenvalue weighted by atomic mass is 10.1. The molecule has 0 bridgehead atoms. The van der Waals surface area contributed by atoms with Crippen LogP contribution in [0.5, 0.6) is 0 Å². The minimum atomic E-state index is 0.247. The first-order valence-electron chi connectivity index (χ1n) is 11.4. The summed E-state index contributed by atoms with van der Waals surface area (Å²) in [7, 11) is 1.77. The van der Waals surface area contributed by atoms with Gasteiger partial charge in [-0.1, -0.05) is 36.8 Å². The van der Waals surface area contributed by atoms with E-state index in [4.69, 9.17) is 0 Å². The number of rotatable bonds is 7. The summed E-state index contributed by atoms with van der Waals surface area (Å²) in [6.45, 7) is 3.90. The minimum absolute atomic E-state index is 0.247. The number of aromatic nitrogens is 3. The summed E-state index contributed by atoms with van der Waals surface area (Å²) in [6.07, 6.45) is 6.13. The Labute approximate surface area is 184 Å². The quantitative estimate of drug-likeness (QED) is 0.523. The Morgan fingerprint density at radius 3 is 2.87 bits per heavy atom. The van der Waals surface area contributed by atoms with Crippen molar-refractivity contribution in [2.24, 2.45) is 10.9 Å². The third kappa shape index (κ3) is 5.62. The van der Waals surface area contributed by atoms with Gasteiger partial charge in [-0.15, -0.1) is 10.2 Å². The fourth-order valence-electron chi connectivity index (χ4n) is 4.42. The molecule has 0 spiro atoms. The van der Waals surface area contributed by atoms with Gasteiger partial charge in [0.1, 0.15) is 5.82 Å². The molecule has 0 saturated carbocycles. The molecule has 31 heavy (non-hydrogen) atoms. The van der Waals surface area contributed by atoms with Gasteiger partial charge >= 0.3 is 0 Å². The summed E-state index contributed by atoms with van der Waals surface area (Å²) in [6, 6.07) is 10.3. The molecule has 166 valence electrons. The van der Waals surface area contributed by atoms with Crippen LogP contribution < -0.4 is 10.6 Å². The number of aliphatic imine (C=N–C) groups is 1. The van der Waals surface area contributed by atoms with E-state index in [0.717, 1.165) is 56.6 Å². The third-order valence-electron chi connectivity index (χ3n) is 6.19. The molecule has 2 aliphatic heterocycles. The van der Waals surface area contributed by atoms with E-state index in [0.29, 0.717) is 18.9 Å². The van der Waals surface area contributed by atoms with Crippen molar-refractivity contribution in [3.8, 4) is 0 Å². The summed E-state index contributed by atoms with van der Waals surface area (Å²) in [4.78, 5) is 18.7. The maximum absolute atomic E-state index is 12.4. The molecule has 1 aromatic carbocycles. The molecule has 4 rings (SSSR count). The number of carbonyl (C=O) groups excluding carboxylic acids is 1. The molecule has 3 heterocycles. The number of fused-ring (bicyclic) bond motifs is 1. The Hall–Kier alpha value is -2.90. The number of carbonyl (C=O) groups is 1. The maximum atomic E-state index is 12.4. The van der Waals surface area contributed by atoms with E-state index in [9.17, 15) is 4.79 Å². The molecular weight excluding hydrogens is 390 g/mol. The SMILES string of the molecule is CN=C(NCc1nnc2n1CCCCC2)NCC1CC(=O)N(CCc2ccccc2)C1. The lowest BCUT2D eigenvalue weighted by Gasteiger charge is -2.18. The second-order valence-electron chi connectivity index (χ2n) is 8.45. The number of guanidine groups is 1. The predicted molar refractivity (Wildman–Crippen MR) is 121 cm³/mol. The zero-order valence-corrected chi connectivity index (χ0v) is 18.4. The van der Waals surface area contributed by atoms with Gasteiger partial charge in [0.15, 0.2) is 11.8 Å². The highest BCUT2D eigenvalue weighted by Gasteiger charge is 2.29. The molecule has 1 amide bonds. The van der Waals surface area contributed by atoms with Crippen molar-refractivity contribution in [2.45, 2.75) is 51.6 Å². The molecule has 8 heteroatoms. The van der Waals surface area contributed by atoms with E-state index in [1.54, 1.807) is 7.05 Å². The Morgan fingerprint density at radius 2 is 2.03 bits per heavy atom. The van der Waals surface area contributed by atoms with Crippen LogP contribution in [0.3, 0.4) is 0 Å². The molecule has 2 N–H and O–H groups in total. The van der Waals surface area contributed by atoms with Crippen molar-refractivity contribution in [2.75, 3.05) is 26.7 Å². The van der Waals surface area contributed by atoms with Crippen LogP contribution in [0.2, 0.25) is 0 Å². The van der Waals surface area contributed by atoms with Gasteiger partial charge in [-0.25, -0.2) is 0 Å². The number of aryl methyl sites for hydroxylation is 1. The van der Waals surface area contributed by atoms with Crippen molar-refractivity contribution < 1.29 is 4.79 Å². The number of benzene rings is 1. The maximum Gasteiger partial charge on any atom is 0.223 e. The number of nitrogens with zero attached hydrogens (tertiary/aromatic N) is 5. The van der Waals surface area contributed by atoms with Crippen LogP contribution in [-0.2, 0) is 30.7 Å². The summed E-state index contributed by atoms with van der Waals surface area (Å²) < 4.78 is 2.24. The molecule has 1 unspecified atom stereocenters. The number of hydrogen-bond donors (Lipinski definition) is 2. The minimum Gasteiger partial charge on any atom is -0.356 e. The van der Waals surface area contributed by atoms with E-state index in [1.165, 1.54) is 24.8 Å². The second kappa shape index (κ2) is 10.4. The monoisotopic (exact) mass is 423 g/mol. The Morgan fingerprint density at radius 1 is 1.16 bits per heavy atom. The van der Waals surface area contributed by atoms with E-state index < -0.39 is 0 Å². The lowest BCUT2D eigenvalue weighted by Crippen LogP contribution is -2.40. The van der Waals surface area contributed by atoms with Crippen LogP contribution >= 0.6 is 0 Å². The highest BCUT2D eigenvalue weighted by Crippen LogP contribution is 2.18. The topological polar surface area (TPSA) is 87.4 Å². The summed E-state index contributed by atoms with van der Waals surface area (Å²) >= 11 is 0. The van der Waals surface area contributed by atoms with Crippen LogP contribution in [-0.4, -0.2) is 58.2 Å². The molecule has 1 aromatic heterocycles. The van der Waals surface area contributed by atoms with Crippen molar-refractivity contribution >= 4 is 11.9 Å². The highest BCUT2D eigenvalue weighted by atomic mass is 16.2. The molecule has 1 saturated heterocycles. The van der Waals surface area contributed by atoms with Crippen molar-refractivity contribution in [3.63, 3.8) is 0 Å². The van der Waals surface area contributed by atoms with Gasteiger partial charge in [0.2, 0.25) is 5.91 Å². The Balaban J connectivity index is 1.22. The largest absolute Gasteiger partial charge is 0.356 e. The molecule has 0 radical (unpaired) electrons. The first-order chi connectivity index (χ1) is 15.2. The van der Waals surface area contributed by atoms with Gasteiger partial charge in [-0.05, 0) is 24.8 Å². The van der Waals surface area contributed by atoms with Crippen LogP contribution in [0, 0.1) is 5.92 Å². The van der Waals surface area contributed by atoms with E-state index in [-0.39, 0.29) is 5.91 Å². The van der Waals surface area contributed by atoms with Crippen LogP contribution in [0.15, 0.2) is 35.3 Å². The zero-order chi connectivity index (χ0) is 21.5. The fourth-order valence-corrected chi connectivity index (χ4v) is 4.42. The Bertz CT molecular complexity index is 893. The van der Waals surface area contributed by atoms with Crippen molar-refractivity contribution in [3.05, 3.63) is 47.5 Å². The van der Waals surface area contributed by atoms with Gasteiger partial charge in [0.25, 0.3) is 0 Å². The molecule has 2 aliphatic rings. The van der Waals surface area contributed by atoms with E-state index >= 15 is 0 Å². The highest BCUT2D eigenvalue weighted by molar-refractivity contribution is 5.80. The van der Waals surface area contributed by atoms with Gasteiger partial charge in [0.05, 0.1) is 6.54 Å². The summed E-state index contributed by atoms with van der Waals surface area (Å²) in [5, 5.41) is 15.5. The number of likely N-dealkylation sites (tertiary alicyclic amines) is 1. The summed E-state index contributed by atoms with van der Waals surface area (Å²) in [5.41, 5.74) is 1.27. The van der Waals surface area contributed by atoms with E-state index in [1.807, 2.05) is 23.1 Å².